The first-order valence-electron chi connectivity index (χ1n) is 4.98. The minimum atomic E-state index is -4.46. The predicted molar refractivity (Wildman–Crippen MR) is 66.1 cm³/mol. The van der Waals surface area contributed by atoms with Gasteiger partial charge in [0, 0.05) is 0 Å². The van der Waals surface area contributed by atoms with Crippen LogP contribution >= 0.6 is 0 Å². The molecule has 0 aromatic rings. The van der Waals surface area contributed by atoms with Crippen molar-refractivity contribution in [3.05, 3.63) is 25.3 Å². The number of carbonyl (C=O) groups is 2. The summed E-state index contributed by atoms with van der Waals surface area (Å²) >= 11 is 0. The van der Waals surface area contributed by atoms with Gasteiger partial charge in [0.2, 0.25) is 11.8 Å². The van der Waals surface area contributed by atoms with E-state index in [1.54, 1.807) is 6.92 Å². The SMILES string of the molecule is C=CC(=O)NC(CCC)S(=O)(=O)[O-].C=CC(N)=O.[Na+]. The summed E-state index contributed by atoms with van der Waals surface area (Å²) in [5.74, 6) is -1.14. The van der Waals surface area contributed by atoms with E-state index in [9.17, 15) is 22.6 Å². The van der Waals surface area contributed by atoms with Crippen LogP contribution in [0.25, 0.3) is 0 Å². The average molecular weight is 300 g/mol. The molecule has 1 unspecified atom stereocenters. The summed E-state index contributed by atoms with van der Waals surface area (Å²) in [5.41, 5.74) is 4.53. The maximum Gasteiger partial charge on any atom is 1.00 e. The zero-order valence-corrected chi connectivity index (χ0v) is 13.9. The molecule has 0 aliphatic heterocycles. The van der Waals surface area contributed by atoms with Crippen LogP contribution in [0.3, 0.4) is 0 Å². The minimum absolute atomic E-state index is 0. The Labute approximate surface area is 135 Å². The molecule has 104 valence electrons. The van der Waals surface area contributed by atoms with Gasteiger partial charge in [0.25, 0.3) is 0 Å². The van der Waals surface area contributed by atoms with E-state index in [0.29, 0.717) is 6.42 Å². The molecule has 0 rings (SSSR count). The van der Waals surface area contributed by atoms with Crippen molar-refractivity contribution in [2.75, 3.05) is 0 Å². The number of nitrogens with two attached hydrogens (primary N) is 1. The number of carbonyl (C=O) groups excluding carboxylic acids is 2. The van der Waals surface area contributed by atoms with Crippen molar-refractivity contribution in [1.29, 1.82) is 0 Å². The summed E-state index contributed by atoms with van der Waals surface area (Å²) in [4.78, 5) is 20.2. The summed E-state index contributed by atoms with van der Waals surface area (Å²) in [6.07, 6.45) is 2.60. The summed E-state index contributed by atoms with van der Waals surface area (Å²) in [7, 11) is -4.46. The Balaban J connectivity index is -0.000000366. The molecule has 0 heterocycles. The molecule has 0 aromatic heterocycles. The second-order valence-electron chi connectivity index (χ2n) is 3.09. The van der Waals surface area contributed by atoms with Crippen molar-refractivity contribution in [3.63, 3.8) is 0 Å². The number of hydrogen-bond donors (Lipinski definition) is 2. The Bertz CT molecular complexity index is 408. The normalized spacial score (nSPS) is 10.8. The van der Waals surface area contributed by atoms with E-state index in [0.717, 1.165) is 12.2 Å². The third kappa shape index (κ3) is 15.3. The van der Waals surface area contributed by atoms with E-state index >= 15 is 0 Å². The molecule has 0 radical (unpaired) electrons. The van der Waals surface area contributed by atoms with Crippen LogP contribution in [0.2, 0.25) is 0 Å². The standard InChI is InChI=1S/C7H13NO4S.C3H5NO.Na/c1-3-5-7(13(10,11)12)8-6(9)4-2;1-2-3(4)5;/h4,7H,2-3,5H2,1H3,(H,8,9)(H,10,11,12);2H,1H2,(H2,4,5);/q;;+1/p-1. The fraction of sp³-hybridized carbons (Fsp3) is 0.400. The molecule has 1 atom stereocenters. The second-order valence-corrected chi connectivity index (χ2v) is 4.64. The molecule has 2 amide bonds. The molecule has 0 saturated heterocycles. The van der Waals surface area contributed by atoms with Crippen LogP contribution < -0.4 is 40.6 Å². The van der Waals surface area contributed by atoms with Gasteiger partial charge in [-0.25, -0.2) is 8.42 Å². The van der Waals surface area contributed by atoms with Gasteiger partial charge in [0.15, 0.2) is 0 Å². The van der Waals surface area contributed by atoms with Gasteiger partial charge >= 0.3 is 29.6 Å². The number of amides is 2. The van der Waals surface area contributed by atoms with Gasteiger partial charge in [-0.3, -0.25) is 9.59 Å². The van der Waals surface area contributed by atoms with E-state index in [2.05, 4.69) is 24.2 Å². The van der Waals surface area contributed by atoms with Gasteiger partial charge in [-0.15, -0.1) is 0 Å². The minimum Gasteiger partial charge on any atom is -0.746 e. The van der Waals surface area contributed by atoms with Gasteiger partial charge in [-0.1, -0.05) is 26.5 Å². The first-order valence-corrected chi connectivity index (χ1v) is 6.45. The molecule has 0 aromatic carbocycles. The molecule has 0 spiro atoms. The summed E-state index contributed by atoms with van der Waals surface area (Å²) in [5, 5.41) is 0.706. The number of primary amides is 1. The monoisotopic (exact) mass is 300 g/mol. The van der Waals surface area contributed by atoms with E-state index < -0.39 is 27.3 Å². The fourth-order valence-electron chi connectivity index (χ4n) is 0.768. The summed E-state index contributed by atoms with van der Waals surface area (Å²) < 4.78 is 31.7. The predicted octanol–water partition coefficient (Wildman–Crippen LogP) is -3.38. The van der Waals surface area contributed by atoms with Gasteiger partial charge in [0.05, 0.1) is 0 Å². The Morgan fingerprint density at radius 2 is 1.79 bits per heavy atom. The molecule has 19 heavy (non-hydrogen) atoms. The molecule has 9 heteroatoms. The summed E-state index contributed by atoms with van der Waals surface area (Å²) in [6, 6.07) is 0. The quantitative estimate of drug-likeness (QED) is 0.300. The maximum absolute atomic E-state index is 10.7. The largest absolute Gasteiger partial charge is 1.00 e. The van der Waals surface area contributed by atoms with Crippen molar-refractivity contribution in [2.45, 2.75) is 25.1 Å². The fourth-order valence-corrected chi connectivity index (χ4v) is 1.55. The van der Waals surface area contributed by atoms with Crippen LogP contribution in [-0.2, 0) is 19.7 Å². The van der Waals surface area contributed by atoms with Crippen LogP contribution in [0.15, 0.2) is 25.3 Å². The Morgan fingerprint density at radius 1 is 1.37 bits per heavy atom. The molecular formula is C10H17N2NaO5S. The second kappa shape index (κ2) is 12.4. The molecule has 7 nitrogen and oxygen atoms in total. The smallest absolute Gasteiger partial charge is 0.746 e. The average Bonchev–Trinajstić information content (AvgIpc) is 2.27. The third-order valence-electron chi connectivity index (χ3n) is 1.59. The Morgan fingerprint density at radius 3 is 2.00 bits per heavy atom. The topological polar surface area (TPSA) is 129 Å². The first-order chi connectivity index (χ1) is 8.18. The van der Waals surface area contributed by atoms with E-state index in [4.69, 9.17) is 0 Å². The Kier molecular flexibility index (Phi) is 15.2. The van der Waals surface area contributed by atoms with E-state index in [1.165, 1.54) is 0 Å². The molecule has 0 bridgehead atoms. The zero-order valence-electron chi connectivity index (χ0n) is 11.1. The Hall–Kier alpha value is -0.670. The first kappa shape index (κ1) is 23.4. The van der Waals surface area contributed by atoms with E-state index in [1.807, 2.05) is 0 Å². The van der Waals surface area contributed by atoms with Crippen molar-refractivity contribution in [1.82, 2.24) is 5.32 Å². The van der Waals surface area contributed by atoms with E-state index in [-0.39, 0.29) is 36.0 Å². The van der Waals surface area contributed by atoms with Crippen molar-refractivity contribution < 1.29 is 52.1 Å². The zero-order chi connectivity index (χ0) is 14.8. The molecule has 0 saturated carbocycles. The number of hydrogen-bond acceptors (Lipinski definition) is 5. The van der Waals surface area contributed by atoms with Gasteiger partial charge in [-0.2, -0.15) is 0 Å². The van der Waals surface area contributed by atoms with Gasteiger partial charge in [0.1, 0.15) is 15.5 Å². The van der Waals surface area contributed by atoms with Crippen LogP contribution in [0.4, 0.5) is 0 Å². The van der Waals surface area contributed by atoms with Crippen LogP contribution in [-0.4, -0.2) is 30.2 Å². The van der Waals surface area contributed by atoms with Gasteiger partial charge in [-0.05, 0) is 18.6 Å². The van der Waals surface area contributed by atoms with Crippen LogP contribution in [0, 0.1) is 0 Å². The van der Waals surface area contributed by atoms with Crippen LogP contribution in [0.5, 0.6) is 0 Å². The van der Waals surface area contributed by atoms with Crippen LogP contribution in [0.1, 0.15) is 19.8 Å². The molecular weight excluding hydrogens is 283 g/mol. The molecule has 3 N–H and O–H groups in total. The number of rotatable bonds is 6. The molecule has 0 aliphatic rings. The van der Waals surface area contributed by atoms with Crippen molar-refractivity contribution >= 4 is 21.9 Å². The van der Waals surface area contributed by atoms with Crippen molar-refractivity contribution in [3.8, 4) is 0 Å². The number of nitrogens with one attached hydrogen (secondary N) is 1. The maximum atomic E-state index is 10.7. The van der Waals surface area contributed by atoms with Crippen molar-refractivity contribution in [2.24, 2.45) is 5.73 Å². The third-order valence-corrected chi connectivity index (χ3v) is 2.64. The molecule has 0 fully saturated rings. The summed E-state index contributed by atoms with van der Waals surface area (Å²) in [6.45, 7) is 7.95. The van der Waals surface area contributed by atoms with Gasteiger partial charge < -0.3 is 15.6 Å². The molecule has 0 aliphatic carbocycles.